The second-order valence-electron chi connectivity index (χ2n) is 5.46. The van der Waals surface area contributed by atoms with Gasteiger partial charge in [0.1, 0.15) is 6.61 Å². The molecule has 0 unspecified atom stereocenters. The molecule has 6 nitrogen and oxygen atoms in total. The van der Waals surface area contributed by atoms with Crippen molar-refractivity contribution >= 4 is 17.7 Å². The summed E-state index contributed by atoms with van der Waals surface area (Å²) in [4.78, 5) is 15.6. The Labute approximate surface area is 127 Å². The minimum atomic E-state index is -0.194. The summed E-state index contributed by atoms with van der Waals surface area (Å²) in [5, 5.41) is 0.681. The molecule has 0 saturated carbocycles. The van der Waals surface area contributed by atoms with Crippen LogP contribution in [0.3, 0.4) is 0 Å². The van der Waals surface area contributed by atoms with Gasteiger partial charge in [0.15, 0.2) is 11.5 Å². The number of carbonyl (C=O) groups is 1. The molecule has 1 atom stereocenters. The number of hydrogen-bond acceptors (Lipinski definition) is 5. The van der Waals surface area contributed by atoms with Crippen LogP contribution < -0.4 is 9.47 Å². The molecule has 0 aromatic heterocycles. The highest BCUT2D eigenvalue weighted by atomic mass is 35.5. The third kappa shape index (κ3) is 2.28. The van der Waals surface area contributed by atoms with Gasteiger partial charge in [-0.1, -0.05) is 11.6 Å². The van der Waals surface area contributed by atoms with Gasteiger partial charge in [0.05, 0.1) is 6.04 Å². The molecule has 1 aromatic rings. The fourth-order valence-electron chi connectivity index (χ4n) is 3.02. The fourth-order valence-corrected chi connectivity index (χ4v) is 3.23. The lowest BCUT2D eigenvalue weighted by Gasteiger charge is -2.35. The highest BCUT2D eigenvalue weighted by molar-refractivity contribution is 6.31. The number of hydrogen-bond donors (Lipinski definition) is 0. The van der Waals surface area contributed by atoms with Crippen LogP contribution in [0.5, 0.6) is 11.5 Å². The molecule has 1 aromatic carbocycles. The SMILES string of the molecule is O=C1OC[C@H]2CN(Cc3cc4c(cc3Cl)OCO4)CCN12. The van der Waals surface area contributed by atoms with Gasteiger partial charge in [-0.15, -0.1) is 0 Å². The Balaban J connectivity index is 1.48. The van der Waals surface area contributed by atoms with Crippen LogP contribution in [0.1, 0.15) is 5.56 Å². The topological polar surface area (TPSA) is 51.2 Å². The molecule has 4 rings (SSSR count). The van der Waals surface area contributed by atoms with E-state index in [0.717, 1.165) is 30.9 Å². The summed E-state index contributed by atoms with van der Waals surface area (Å²) in [6.07, 6.45) is -0.194. The van der Waals surface area contributed by atoms with Crippen LogP contribution in [0, 0.1) is 0 Å². The van der Waals surface area contributed by atoms with Gasteiger partial charge in [-0.3, -0.25) is 9.80 Å². The molecule has 112 valence electrons. The lowest BCUT2D eigenvalue weighted by molar-refractivity contribution is 0.115. The zero-order valence-corrected chi connectivity index (χ0v) is 12.1. The maximum atomic E-state index is 11.5. The second kappa shape index (κ2) is 4.96. The predicted molar refractivity (Wildman–Crippen MR) is 74.7 cm³/mol. The minimum absolute atomic E-state index is 0.152. The molecule has 0 aliphatic carbocycles. The first-order chi connectivity index (χ1) is 10.2. The molecule has 1 amide bonds. The van der Waals surface area contributed by atoms with Crippen molar-refractivity contribution in [3.63, 3.8) is 0 Å². The van der Waals surface area contributed by atoms with E-state index in [0.29, 0.717) is 23.9 Å². The summed E-state index contributed by atoms with van der Waals surface area (Å²) in [6.45, 7) is 3.77. The molecular weight excluding hydrogens is 296 g/mol. The number of fused-ring (bicyclic) bond motifs is 2. The standard InChI is InChI=1S/C14H15ClN2O4/c15-11-4-13-12(20-8-21-13)3-9(11)5-16-1-2-17-10(6-16)7-19-14(17)18/h3-4,10H,1-2,5-8H2/t10-/m1/s1. The van der Waals surface area contributed by atoms with Crippen molar-refractivity contribution in [3.8, 4) is 11.5 Å². The number of carbonyl (C=O) groups excluding carboxylic acids is 1. The summed E-state index contributed by atoms with van der Waals surface area (Å²) in [5.74, 6) is 1.44. The van der Waals surface area contributed by atoms with E-state index in [9.17, 15) is 4.79 Å². The van der Waals surface area contributed by atoms with Gasteiger partial charge < -0.3 is 14.2 Å². The molecule has 2 saturated heterocycles. The maximum absolute atomic E-state index is 11.5. The van der Waals surface area contributed by atoms with Gasteiger partial charge in [0, 0.05) is 37.3 Å². The summed E-state index contributed by atoms with van der Waals surface area (Å²) in [5.41, 5.74) is 1.01. The van der Waals surface area contributed by atoms with E-state index < -0.39 is 0 Å². The van der Waals surface area contributed by atoms with Gasteiger partial charge >= 0.3 is 6.09 Å². The largest absolute Gasteiger partial charge is 0.454 e. The van der Waals surface area contributed by atoms with Crippen molar-refractivity contribution in [2.45, 2.75) is 12.6 Å². The third-order valence-electron chi connectivity index (χ3n) is 4.14. The molecule has 0 bridgehead atoms. The van der Waals surface area contributed by atoms with Crippen molar-refractivity contribution in [2.24, 2.45) is 0 Å². The van der Waals surface area contributed by atoms with E-state index in [1.807, 2.05) is 6.07 Å². The molecule has 0 N–H and O–H groups in total. The monoisotopic (exact) mass is 310 g/mol. The summed E-state index contributed by atoms with van der Waals surface area (Å²) in [7, 11) is 0. The predicted octanol–water partition coefficient (Wildman–Crippen LogP) is 1.71. The molecule has 7 heteroatoms. The zero-order valence-electron chi connectivity index (χ0n) is 11.4. The van der Waals surface area contributed by atoms with E-state index in [1.54, 1.807) is 11.0 Å². The minimum Gasteiger partial charge on any atom is -0.454 e. The Morgan fingerprint density at radius 3 is 2.86 bits per heavy atom. The average Bonchev–Trinajstić information content (AvgIpc) is 3.06. The van der Waals surface area contributed by atoms with Crippen molar-refractivity contribution in [2.75, 3.05) is 33.0 Å². The molecule has 2 fully saturated rings. The Morgan fingerprint density at radius 2 is 2.00 bits per heavy atom. The van der Waals surface area contributed by atoms with Gasteiger partial charge in [-0.2, -0.15) is 0 Å². The number of piperazine rings is 1. The lowest BCUT2D eigenvalue weighted by atomic mass is 10.1. The fraction of sp³-hybridized carbons (Fsp3) is 0.500. The van der Waals surface area contributed by atoms with Crippen LogP contribution in [0.2, 0.25) is 5.02 Å². The molecule has 3 aliphatic rings. The number of cyclic esters (lactones) is 1. The molecule has 0 spiro atoms. The van der Waals surface area contributed by atoms with Crippen molar-refractivity contribution in [3.05, 3.63) is 22.7 Å². The zero-order chi connectivity index (χ0) is 14.4. The molecule has 3 heterocycles. The maximum Gasteiger partial charge on any atom is 0.410 e. The Morgan fingerprint density at radius 1 is 1.19 bits per heavy atom. The van der Waals surface area contributed by atoms with Crippen molar-refractivity contribution < 1.29 is 19.0 Å². The summed E-state index contributed by atoms with van der Waals surface area (Å²) < 4.78 is 15.8. The van der Waals surface area contributed by atoms with Gasteiger partial charge in [0.25, 0.3) is 0 Å². The molecule has 0 radical (unpaired) electrons. The Bertz CT molecular complexity index is 595. The molecule has 21 heavy (non-hydrogen) atoms. The molecule has 3 aliphatic heterocycles. The summed E-state index contributed by atoms with van der Waals surface area (Å²) in [6, 6.07) is 3.89. The normalized spacial score (nSPS) is 24.1. The van der Waals surface area contributed by atoms with E-state index in [-0.39, 0.29) is 18.9 Å². The molecular formula is C14H15ClN2O4. The van der Waals surface area contributed by atoms with E-state index in [2.05, 4.69) is 4.90 Å². The number of amides is 1. The lowest BCUT2D eigenvalue weighted by Crippen LogP contribution is -2.51. The van der Waals surface area contributed by atoms with Crippen LogP contribution in [0.25, 0.3) is 0 Å². The van der Waals surface area contributed by atoms with Crippen molar-refractivity contribution in [1.82, 2.24) is 9.80 Å². The number of rotatable bonds is 2. The smallest absolute Gasteiger partial charge is 0.410 e. The van der Waals surface area contributed by atoms with Gasteiger partial charge in [-0.05, 0) is 11.6 Å². The van der Waals surface area contributed by atoms with Gasteiger partial charge in [-0.25, -0.2) is 4.79 Å². The Hall–Kier alpha value is -1.66. The van der Waals surface area contributed by atoms with Crippen LogP contribution in [0.15, 0.2) is 12.1 Å². The van der Waals surface area contributed by atoms with Crippen molar-refractivity contribution in [1.29, 1.82) is 0 Å². The number of ether oxygens (including phenoxy) is 3. The van der Waals surface area contributed by atoms with Crippen LogP contribution in [-0.2, 0) is 11.3 Å². The second-order valence-corrected chi connectivity index (χ2v) is 5.86. The first-order valence-corrected chi connectivity index (χ1v) is 7.32. The van der Waals surface area contributed by atoms with Crippen LogP contribution >= 0.6 is 11.6 Å². The first kappa shape index (κ1) is 13.0. The number of benzene rings is 1. The quantitative estimate of drug-likeness (QED) is 0.832. The highest BCUT2D eigenvalue weighted by Crippen LogP contribution is 2.37. The van der Waals surface area contributed by atoms with E-state index in [4.69, 9.17) is 25.8 Å². The highest BCUT2D eigenvalue weighted by Gasteiger charge is 2.37. The van der Waals surface area contributed by atoms with Gasteiger partial charge in [0.2, 0.25) is 6.79 Å². The first-order valence-electron chi connectivity index (χ1n) is 6.94. The van der Waals surface area contributed by atoms with E-state index in [1.165, 1.54) is 0 Å². The van der Waals surface area contributed by atoms with Crippen LogP contribution in [0.4, 0.5) is 4.79 Å². The number of halogens is 1. The average molecular weight is 311 g/mol. The van der Waals surface area contributed by atoms with Crippen LogP contribution in [-0.4, -0.2) is 55.0 Å². The van der Waals surface area contributed by atoms with E-state index >= 15 is 0 Å². The number of nitrogens with zero attached hydrogens (tertiary/aromatic N) is 2. The third-order valence-corrected chi connectivity index (χ3v) is 4.49. The Kier molecular flexibility index (Phi) is 3.08. The summed E-state index contributed by atoms with van der Waals surface area (Å²) >= 11 is 6.31.